The largest absolute Gasteiger partial charge is 0.416 e. The fourth-order valence-corrected chi connectivity index (χ4v) is 3.71. The molecule has 0 spiro atoms. The maximum absolute atomic E-state index is 13.2. The summed E-state index contributed by atoms with van der Waals surface area (Å²) in [6.07, 6.45) is -1.60. The average molecular weight is 497 g/mol. The van der Waals surface area contributed by atoms with Crippen LogP contribution < -0.4 is 22.0 Å². The van der Waals surface area contributed by atoms with Gasteiger partial charge in [-0.05, 0) is 55.0 Å². The molecule has 0 aliphatic carbocycles. The Morgan fingerprint density at radius 2 is 1.97 bits per heavy atom. The molecule has 0 saturated carbocycles. The monoisotopic (exact) mass is 497 g/mol. The second kappa shape index (κ2) is 9.62. The molecule has 0 saturated heterocycles. The molecule has 36 heavy (non-hydrogen) atoms. The first-order valence-electron chi connectivity index (χ1n) is 10.6. The van der Waals surface area contributed by atoms with E-state index < -0.39 is 11.7 Å². The molecule has 0 fully saturated rings. The number of amidine groups is 1. The van der Waals surface area contributed by atoms with Gasteiger partial charge in [-0.2, -0.15) is 23.4 Å². The highest BCUT2D eigenvalue weighted by molar-refractivity contribution is 6.05. The maximum Gasteiger partial charge on any atom is 0.416 e. The lowest BCUT2D eigenvalue weighted by atomic mass is 10.1. The van der Waals surface area contributed by atoms with Gasteiger partial charge >= 0.3 is 6.18 Å². The van der Waals surface area contributed by atoms with Crippen molar-refractivity contribution < 1.29 is 18.0 Å². The Labute approximate surface area is 203 Å². The molecule has 13 heteroatoms. The molecule has 10 nitrogen and oxygen atoms in total. The number of benzene rings is 2. The third-order valence-electron chi connectivity index (χ3n) is 5.59. The summed E-state index contributed by atoms with van der Waals surface area (Å²) in [6, 6.07) is 10.2. The number of hydrogen-bond donors (Lipinski definition) is 3. The van der Waals surface area contributed by atoms with Gasteiger partial charge in [0, 0.05) is 36.1 Å². The Balaban J connectivity index is 1.60. The van der Waals surface area contributed by atoms with Crippen LogP contribution in [0.5, 0.6) is 0 Å². The summed E-state index contributed by atoms with van der Waals surface area (Å²) in [6.45, 7) is 1.91. The Hall–Kier alpha value is -4.52. The van der Waals surface area contributed by atoms with Crippen LogP contribution in [0.15, 0.2) is 60.0 Å². The number of alkyl halides is 3. The molecule has 0 bridgehead atoms. The highest BCUT2D eigenvalue weighted by atomic mass is 19.4. The standard InChI is InChI=1S/C23H22F3N9O/c1-13-9-14(21-29-11-15-10-16(23(24,25)26)4-5-17(15)31-21)3-6-18(13)34(2)22(36)19-7-8-30-35(19)12-20(32-27)33-28/h3-11H,12,27-28H2,1-2H3,(H,32,33). The number of nitrogens with one attached hydrogen (secondary N) is 1. The molecule has 0 aliphatic heterocycles. The Kier molecular flexibility index (Phi) is 6.57. The maximum atomic E-state index is 13.2. The molecule has 4 aromatic rings. The minimum Gasteiger partial charge on any atom is -0.321 e. The molecule has 0 unspecified atom stereocenters. The first kappa shape index (κ1) is 24.6. The number of rotatable bonds is 5. The Morgan fingerprint density at radius 3 is 2.64 bits per heavy atom. The van der Waals surface area contributed by atoms with Crippen LogP contribution in [-0.4, -0.2) is 38.5 Å². The predicted octanol–water partition coefficient (Wildman–Crippen LogP) is 2.83. The van der Waals surface area contributed by atoms with Crippen molar-refractivity contribution in [1.82, 2.24) is 25.2 Å². The third kappa shape index (κ3) is 4.81. The molecular formula is C23H22F3N9O. The molecule has 0 atom stereocenters. The number of aromatic nitrogens is 4. The van der Waals surface area contributed by atoms with Crippen molar-refractivity contribution in [2.45, 2.75) is 19.6 Å². The quantitative estimate of drug-likeness (QED) is 0.167. The number of carbonyl (C=O) groups excluding carboxylic acids is 1. The van der Waals surface area contributed by atoms with E-state index in [0.717, 1.165) is 17.7 Å². The highest BCUT2D eigenvalue weighted by Crippen LogP contribution is 2.32. The smallest absolute Gasteiger partial charge is 0.321 e. The molecule has 0 radical (unpaired) electrons. The molecular weight excluding hydrogens is 475 g/mol. The lowest BCUT2D eigenvalue weighted by Crippen LogP contribution is -2.36. The van der Waals surface area contributed by atoms with Gasteiger partial charge in [0.05, 0.1) is 11.1 Å². The van der Waals surface area contributed by atoms with Crippen LogP contribution in [0.3, 0.4) is 0 Å². The normalized spacial score (nSPS) is 12.1. The fraction of sp³-hybridized carbons (Fsp3) is 0.174. The molecule has 2 heterocycles. The molecule has 2 aromatic carbocycles. The number of fused-ring (bicyclic) bond motifs is 1. The number of halogens is 3. The molecule has 2 aromatic heterocycles. The molecule has 0 aliphatic rings. The summed E-state index contributed by atoms with van der Waals surface area (Å²) in [5.41, 5.74) is 4.33. The Bertz CT molecular complexity index is 1460. The summed E-state index contributed by atoms with van der Waals surface area (Å²) in [7, 11) is 1.63. The second-order valence-corrected chi connectivity index (χ2v) is 7.92. The second-order valence-electron chi connectivity index (χ2n) is 7.92. The van der Waals surface area contributed by atoms with Gasteiger partial charge < -0.3 is 16.2 Å². The van der Waals surface area contributed by atoms with E-state index in [9.17, 15) is 18.0 Å². The highest BCUT2D eigenvalue weighted by Gasteiger charge is 2.30. The van der Waals surface area contributed by atoms with Crippen LogP contribution in [0, 0.1) is 6.92 Å². The van der Waals surface area contributed by atoms with Gasteiger partial charge in [0.25, 0.3) is 5.91 Å². The zero-order valence-corrected chi connectivity index (χ0v) is 19.3. The lowest BCUT2D eigenvalue weighted by molar-refractivity contribution is -0.137. The van der Waals surface area contributed by atoms with Gasteiger partial charge in [-0.15, -0.1) is 0 Å². The summed E-state index contributed by atoms with van der Waals surface area (Å²) < 4.78 is 40.3. The first-order chi connectivity index (χ1) is 17.1. The molecule has 186 valence electrons. The summed E-state index contributed by atoms with van der Waals surface area (Å²) >= 11 is 0. The van der Waals surface area contributed by atoms with Crippen LogP contribution in [-0.2, 0) is 12.7 Å². The van der Waals surface area contributed by atoms with Crippen LogP contribution >= 0.6 is 0 Å². The number of nitrogens with zero attached hydrogens (tertiary/aromatic N) is 6. The first-order valence-corrected chi connectivity index (χ1v) is 10.6. The van der Waals surface area contributed by atoms with E-state index >= 15 is 0 Å². The van der Waals surface area contributed by atoms with E-state index in [1.54, 1.807) is 31.3 Å². The topological polar surface area (TPSA) is 140 Å². The zero-order chi connectivity index (χ0) is 26.0. The van der Waals surface area contributed by atoms with Crippen LogP contribution in [0.1, 0.15) is 21.6 Å². The van der Waals surface area contributed by atoms with Gasteiger partial charge in [-0.25, -0.2) is 15.8 Å². The van der Waals surface area contributed by atoms with Crippen LogP contribution in [0.25, 0.3) is 22.3 Å². The van der Waals surface area contributed by atoms with Crippen molar-refractivity contribution in [2.75, 3.05) is 11.9 Å². The SMILES string of the molecule is Cc1cc(-c2ncc3cc(C(F)(F)F)ccc3n2)ccc1N(C)C(=O)c1ccnn1C/C(=N/N)NN. The van der Waals surface area contributed by atoms with Crippen LogP contribution in [0.2, 0.25) is 0 Å². The van der Waals surface area contributed by atoms with E-state index in [1.807, 2.05) is 6.92 Å². The van der Waals surface area contributed by atoms with E-state index in [0.29, 0.717) is 28.3 Å². The summed E-state index contributed by atoms with van der Waals surface area (Å²) in [5, 5.41) is 7.92. The van der Waals surface area contributed by atoms with E-state index in [4.69, 9.17) is 11.7 Å². The van der Waals surface area contributed by atoms with Gasteiger partial charge in [-0.3, -0.25) is 9.48 Å². The lowest BCUT2D eigenvalue weighted by Gasteiger charge is -2.20. The van der Waals surface area contributed by atoms with E-state index in [-0.39, 0.29) is 23.7 Å². The average Bonchev–Trinajstić information content (AvgIpc) is 3.33. The number of nitrogens with two attached hydrogens (primary N) is 2. The molecule has 5 N–H and O–H groups in total. The third-order valence-corrected chi connectivity index (χ3v) is 5.59. The Morgan fingerprint density at radius 1 is 1.19 bits per heavy atom. The summed E-state index contributed by atoms with van der Waals surface area (Å²) in [4.78, 5) is 23.3. The minimum atomic E-state index is -4.44. The van der Waals surface area contributed by atoms with E-state index in [2.05, 4.69) is 25.6 Å². The number of hydrazine groups is 1. The van der Waals surface area contributed by atoms with Crippen LogP contribution in [0.4, 0.5) is 18.9 Å². The molecule has 1 amide bonds. The number of carbonyl (C=O) groups is 1. The van der Waals surface area contributed by atoms with Crippen molar-refractivity contribution >= 4 is 28.3 Å². The van der Waals surface area contributed by atoms with Crippen molar-refractivity contribution in [1.29, 1.82) is 0 Å². The van der Waals surface area contributed by atoms with Gasteiger partial charge in [0.1, 0.15) is 12.2 Å². The number of anilines is 1. The van der Waals surface area contributed by atoms with Crippen molar-refractivity contribution in [3.05, 3.63) is 71.7 Å². The van der Waals surface area contributed by atoms with Crippen molar-refractivity contribution in [3.63, 3.8) is 0 Å². The number of aryl methyl sites for hydroxylation is 1. The zero-order valence-electron chi connectivity index (χ0n) is 19.3. The van der Waals surface area contributed by atoms with Crippen molar-refractivity contribution in [3.8, 4) is 11.4 Å². The predicted molar refractivity (Wildman–Crippen MR) is 129 cm³/mol. The van der Waals surface area contributed by atoms with Gasteiger partial charge in [0.2, 0.25) is 0 Å². The van der Waals surface area contributed by atoms with Crippen molar-refractivity contribution in [2.24, 2.45) is 16.8 Å². The minimum absolute atomic E-state index is 0.0800. The van der Waals surface area contributed by atoms with E-state index in [1.165, 1.54) is 28.0 Å². The van der Waals surface area contributed by atoms with Gasteiger partial charge in [0.15, 0.2) is 11.7 Å². The fourth-order valence-electron chi connectivity index (χ4n) is 3.71. The summed E-state index contributed by atoms with van der Waals surface area (Å²) in [5.74, 6) is 10.9. The number of amides is 1. The number of hydrogen-bond acceptors (Lipinski definition) is 7. The molecule has 4 rings (SSSR count). The number of hydrazone groups is 1. The van der Waals surface area contributed by atoms with Gasteiger partial charge in [-0.1, -0.05) is 0 Å².